The van der Waals surface area contributed by atoms with Gasteiger partial charge in [-0.3, -0.25) is 4.79 Å². The third kappa shape index (κ3) is 4.94. The predicted molar refractivity (Wildman–Crippen MR) is 118 cm³/mol. The number of amides is 1. The number of benzene rings is 2. The van der Waals surface area contributed by atoms with Crippen LogP contribution in [0.5, 0.6) is 11.5 Å². The van der Waals surface area contributed by atoms with E-state index in [2.05, 4.69) is 15.3 Å². The lowest BCUT2D eigenvalue weighted by molar-refractivity contribution is -0.140. The molecule has 1 amide bonds. The zero-order chi connectivity index (χ0) is 23.6. The van der Waals surface area contributed by atoms with E-state index in [0.29, 0.717) is 42.1 Å². The molecule has 1 fully saturated rings. The number of ether oxygens (including phenoxy) is 2. The Labute approximate surface area is 188 Å². The Bertz CT molecular complexity index is 1150. The van der Waals surface area contributed by atoms with Gasteiger partial charge in [0.2, 0.25) is 5.91 Å². The number of hydrogen-bond acceptors (Lipinski definition) is 6. The molecule has 0 radical (unpaired) electrons. The van der Waals surface area contributed by atoms with Gasteiger partial charge in [0.15, 0.2) is 11.5 Å². The van der Waals surface area contributed by atoms with Gasteiger partial charge in [-0.2, -0.15) is 13.2 Å². The number of nitrogens with zero attached hydrogens (tertiary/aromatic N) is 3. The first-order valence-corrected chi connectivity index (χ1v) is 10.4. The molecule has 3 aromatic rings. The Kier molecular flexibility index (Phi) is 6.26. The van der Waals surface area contributed by atoms with E-state index in [1.165, 1.54) is 25.2 Å². The monoisotopic (exact) mass is 460 g/mol. The number of rotatable bonds is 5. The van der Waals surface area contributed by atoms with E-state index in [9.17, 15) is 18.0 Å². The van der Waals surface area contributed by atoms with E-state index >= 15 is 0 Å². The van der Waals surface area contributed by atoms with Crippen molar-refractivity contribution in [1.29, 1.82) is 0 Å². The molecule has 1 N–H and O–H groups in total. The van der Waals surface area contributed by atoms with Crippen LogP contribution in [-0.2, 0) is 11.0 Å². The fourth-order valence-corrected chi connectivity index (χ4v) is 3.91. The number of nitrogens with one attached hydrogen (secondary N) is 1. The van der Waals surface area contributed by atoms with Crippen LogP contribution in [0.2, 0.25) is 0 Å². The topological polar surface area (TPSA) is 76.6 Å². The summed E-state index contributed by atoms with van der Waals surface area (Å²) < 4.78 is 51.8. The molecule has 0 aliphatic carbocycles. The standard InChI is InChI=1S/C23H23F3N4O3/c1-32-16-10-15(11-17(12-16)33-2)27-22(31)14-6-5-9-30(13-14)21-20(23(24,25)26)28-18-7-3-4-8-19(18)29-21/h3-4,7-8,10-12,14H,5-6,9,13H2,1-2H3,(H,27,31)/t14-/m0/s1. The van der Waals surface area contributed by atoms with Crippen molar-refractivity contribution in [2.24, 2.45) is 5.92 Å². The number of halogens is 3. The summed E-state index contributed by atoms with van der Waals surface area (Å²) in [6.45, 7) is 0.454. The van der Waals surface area contributed by atoms with Crippen LogP contribution in [0, 0.1) is 5.92 Å². The first-order valence-electron chi connectivity index (χ1n) is 10.4. The molecule has 1 saturated heterocycles. The molecule has 2 aromatic carbocycles. The van der Waals surface area contributed by atoms with Crippen molar-refractivity contribution in [2.75, 3.05) is 37.5 Å². The summed E-state index contributed by atoms with van der Waals surface area (Å²) >= 11 is 0. The molecule has 0 spiro atoms. The van der Waals surface area contributed by atoms with Gasteiger partial charge in [0.1, 0.15) is 11.5 Å². The molecule has 33 heavy (non-hydrogen) atoms. The predicted octanol–water partition coefficient (Wildman–Crippen LogP) is 4.52. The van der Waals surface area contributed by atoms with E-state index in [-0.39, 0.29) is 23.8 Å². The summed E-state index contributed by atoms with van der Waals surface area (Å²) in [5.41, 5.74) is -0.0167. The van der Waals surface area contributed by atoms with Crippen LogP contribution in [0.3, 0.4) is 0 Å². The van der Waals surface area contributed by atoms with Crippen molar-refractivity contribution < 1.29 is 27.4 Å². The zero-order valence-corrected chi connectivity index (χ0v) is 18.1. The molecule has 1 atom stereocenters. The molecule has 0 bridgehead atoms. The molecular weight excluding hydrogens is 437 g/mol. The second-order valence-electron chi connectivity index (χ2n) is 7.76. The second-order valence-corrected chi connectivity index (χ2v) is 7.76. The molecule has 0 saturated carbocycles. The Balaban J connectivity index is 1.59. The van der Waals surface area contributed by atoms with Gasteiger partial charge in [-0.1, -0.05) is 12.1 Å². The Morgan fingerprint density at radius 1 is 1.06 bits per heavy atom. The van der Waals surface area contributed by atoms with Crippen molar-refractivity contribution in [3.8, 4) is 11.5 Å². The van der Waals surface area contributed by atoms with Crippen LogP contribution in [-0.4, -0.2) is 43.2 Å². The first kappa shape index (κ1) is 22.6. The Hall–Kier alpha value is -3.56. The van der Waals surface area contributed by atoms with E-state index in [0.717, 1.165) is 0 Å². The summed E-state index contributed by atoms with van der Waals surface area (Å²) in [7, 11) is 3.00. The van der Waals surface area contributed by atoms with Crippen LogP contribution >= 0.6 is 0 Å². The van der Waals surface area contributed by atoms with Gasteiger partial charge >= 0.3 is 6.18 Å². The number of anilines is 2. The van der Waals surface area contributed by atoms with E-state index in [1.54, 1.807) is 36.4 Å². The average molecular weight is 460 g/mol. The number of aromatic nitrogens is 2. The van der Waals surface area contributed by atoms with Crippen LogP contribution in [0.25, 0.3) is 11.0 Å². The number of piperidine rings is 1. The summed E-state index contributed by atoms with van der Waals surface area (Å²) in [6, 6.07) is 11.4. The highest BCUT2D eigenvalue weighted by Gasteiger charge is 2.40. The number of alkyl halides is 3. The van der Waals surface area contributed by atoms with Crippen molar-refractivity contribution in [3.63, 3.8) is 0 Å². The van der Waals surface area contributed by atoms with Gasteiger partial charge in [0.25, 0.3) is 0 Å². The number of fused-ring (bicyclic) bond motifs is 1. The molecule has 1 aliphatic heterocycles. The van der Waals surface area contributed by atoms with Crippen LogP contribution < -0.4 is 19.7 Å². The fraction of sp³-hybridized carbons (Fsp3) is 0.348. The molecule has 10 heteroatoms. The summed E-state index contributed by atoms with van der Waals surface area (Å²) in [5, 5.41) is 2.82. The normalized spacial score (nSPS) is 16.5. The van der Waals surface area contributed by atoms with E-state index < -0.39 is 17.8 Å². The van der Waals surface area contributed by atoms with Gasteiger partial charge in [-0.05, 0) is 25.0 Å². The number of methoxy groups -OCH3 is 2. The number of para-hydroxylation sites is 2. The van der Waals surface area contributed by atoms with Crippen LogP contribution in [0.1, 0.15) is 18.5 Å². The molecule has 4 rings (SSSR count). The lowest BCUT2D eigenvalue weighted by atomic mass is 9.96. The first-order chi connectivity index (χ1) is 15.8. The van der Waals surface area contributed by atoms with E-state index in [1.807, 2.05) is 0 Å². The van der Waals surface area contributed by atoms with Gasteiger partial charge in [-0.25, -0.2) is 9.97 Å². The SMILES string of the molecule is COc1cc(NC(=O)[C@H]2CCCN(c3nc4ccccc4nc3C(F)(F)F)C2)cc(OC)c1. The van der Waals surface area contributed by atoms with Crippen molar-refractivity contribution in [3.05, 3.63) is 48.2 Å². The highest BCUT2D eigenvalue weighted by atomic mass is 19.4. The highest BCUT2D eigenvalue weighted by Crippen LogP contribution is 2.37. The molecular formula is C23H23F3N4O3. The molecule has 2 heterocycles. The minimum absolute atomic E-state index is 0.100. The lowest BCUT2D eigenvalue weighted by Crippen LogP contribution is -2.42. The highest BCUT2D eigenvalue weighted by molar-refractivity contribution is 5.93. The number of carbonyl (C=O) groups excluding carboxylic acids is 1. The van der Waals surface area contributed by atoms with Gasteiger partial charge in [0, 0.05) is 37.0 Å². The fourth-order valence-electron chi connectivity index (χ4n) is 3.91. The number of carbonyl (C=O) groups is 1. The summed E-state index contributed by atoms with van der Waals surface area (Å²) in [5.74, 6) is -0.0447. The van der Waals surface area contributed by atoms with Crippen molar-refractivity contribution >= 4 is 28.4 Å². The van der Waals surface area contributed by atoms with Crippen LogP contribution in [0.15, 0.2) is 42.5 Å². The minimum Gasteiger partial charge on any atom is -0.497 e. The third-order valence-electron chi connectivity index (χ3n) is 5.53. The van der Waals surface area contributed by atoms with E-state index in [4.69, 9.17) is 9.47 Å². The molecule has 0 unspecified atom stereocenters. The smallest absolute Gasteiger partial charge is 0.437 e. The molecule has 7 nitrogen and oxygen atoms in total. The quantitative estimate of drug-likeness (QED) is 0.603. The van der Waals surface area contributed by atoms with Crippen molar-refractivity contribution in [2.45, 2.75) is 19.0 Å². The molecule has 174 valence electrons. The third-order valence-corrected chi connectivity index (χ3v) is 5.53. The maximum Gasteiger partial charge on any atom is 0.437 e. The molecule has 1 aromatic heterocycles. The Morgan fingerprint density at radius 2 is 1.70 bits per heavy atom. The van der Waals surface area contributed by atoms with Crippen molar-refractivity contribution in [1.82, 2.24) is 9.97 Å². The zero-order valence-electron chi connectivity index (χ0n) is 18.1. The van der Waals surface area contributed by atoms with Gasteiger partial charge < -0.3 is 19.7 Å². The van der Waals surface area contributed by atoms with Gasteiger partial charge in [-0.15, -0.1) is 0 Å². The summed E-state index contributed by atoms with van der Waals surface area (Å²) in [4.78, 5) is 22.6. The Morgan fingerprint density at radius 3 is 2.30 bits per heavy atom. The minimum atomic E-state index is -4.67. The van der Waals surface area contributed by atoms with Gasteiger partial charge in [0.05, 0.1) is 31.2 Å². The lowest BCUT2D eigenvalue weighted by Gasteiger charge is -2.34. The number of hydrogen-bond donors (Lipinski definition) is 1. The maximum atomic E-state index is 13.8. The second kappa shape index (κ2) is 9.13. The summed E-state index contributed by atoms with van der Waals surface area (Å²) in [6.07, 6.45) is -3.57. The largest absolute Gasteiger partial charge is 0.497 e. The average Bonchev–Trinajstić information content (AvgIpc) is 2.82. The van der Waals surface area contributed by atoms with Crippen LogP contribution in [0.4, 0.5) is 24.7 Å². The maximum absolute atomic E-state index is 13.8. The molecule has 1 aliphatic rings.